The van der Waals surface area contributed by atoms with Gasteiger partial charge in [-0.05, 0) is 43.0 Å². The highest BCUT2D eigenvalue weighted by Gasteiger charge is 2.14. The van der Waals surface area contributed by atoms with Crippen LogP contribution in [0.2, 0.25) is 10.0 Å². The van der Waals surface area contributed by atoms with Gasteiger partial charge >= 0.3 is 0 Å². The van der Waals surface area contributed by atoms with Crippen molar-refractivity contribution in [2.24, 2.45) is 5.10 Å². The van der Waals surface area contributed by atoms with Crippen LogP contribution in [-0.4, -0.2) is 5.71 Å². The summed E-state index contributed by atoms with van der Waals surface area (Å²) < 4.78 is 0. The number of halogens is 2. The van der Waals surface area contributed by atoms with Crippen molar-refractivity contribution < 1.29 is 0 Å². The van der Waals surface area contributed by atoms with Crippen LogP contribution in [-0.2, 0) is 6.42 Å². The minimum absolute atomic E-state index is 0.529. The maximum atomic E-state index is 6.00. The number of hydrazone groups is 1. The summed E-state index contributed by atoms with van der Waals surface area (Å²) in [6, 6.07) is 13.8. The highest BCUT2D eigenvalue weighted by Crippen LogP contribution is 2.26. The fourth-order valence-electron chi connectivity index (χ4n) is 2.41. The van der Waals surface area contributed by atoms with Crippen molar-refractivity contribution in [3.63, 3.8) is 0 Å². The molecule has 2 nitrogen and oxygen atoms in total. The summed E-state index contributed by atoms with van der Waals surface area (Å²) in [6.45, 7) is 0. The number of anilines is 1. The summed E-state index contributed by atoms with van der Waals surface area (Å²) in [5, 5.41) is 5.61. The molecule has 0 amide bonds. The number of fused-ring (bicyclic) bond motifs is 1. The van der Waals surface area contributed by atoms with Gasteiger partial charge in [0.05, 0.1) is 21.4 Å². The van der Waals surface area contributed by atoms with Crippen LogP contribution in [0, 0.1) is 0 Å². The third-order valence-corrected chi connectivity index (χ3v) is 4.17. The van der Waals surface area contributed by atoms with Crippen LogP contribution in [0.1, 0.15) is 24.0 Å². The predicted molar refractivity (Wildman–Crippen MR) is 86.0 cm³/mol. The second-order valence-electron chi connectivity index (χ2n) is 4.81. The SMILES string of the molecule is Clc1ccc(NN=C2CCCc3ccccc32)cc1Cl. The van der Waals surface area contributed by atoms with Gasteiger partial charge in [0.15, 0.2) is 0 Å². The zero-order valence-corrected chi connectivity index (χ0v) is 12.4. The molecule has 0 unspecified atom stereocenters. The molecule has 0 aliphatic heterocycles. The van der Waals surface area contributed by atoms with Gasteiger partial charge in [-0.15, -0.1) is 0 Å². The molecule has 3 rings (SSSR count). The maximum absolute atomic E-state index is 6.00. The smallest absolute Gasteiger partial charge is 0.0682 e. The van der Waals surface area contributed by atoms with Crippen molar-refractivity contribution in [2.45, 2.75) is 19.3 Å². The molecule has 2 aromatic carbocycles. The summed E-state index contributed by atoms with van der Waals surface area (Å²) in [5.74, 6) is 0. The lowest BCUT2D eigenvalue weighted by Crippen LogP contribution is -2.13. The van der Waals surface area contributed by atoms with Crippen molar-refractivity contribution in [1.82, 2.24) is 0 Å². The lowest BCUT2D eigenvalue weighted by atomic mass is 9.90. The number of benzene rings is 2. The Labute approximate surface area is 128 Å². The molecule has 1 aliphatic rings. The number of aryl methyl sites for hydroxylation is 1. The van der Waals surface area contributed by atoms with Gasteiger partial charge in [-0.3, -0.25) is 5.43 Å². The lowest BCUT2D eigenvalue weighted by molar-refractivity contribution is 0.837. The molecule has 0 radical (unpaired) electrons. The quantitative estimate of drug-likeness (QED) is 0.763. The molecule has 0 spiro atoms. The lowest BCUT2D eigenvalue weighted by Gasteiger charge is -2.17. The van der Waals surface area contributed by atoms with Gasteiger partial charge in [0, 0.05) is 5.56 Å². The van der Waals surface area contributed by atoms with E-state index in [-0.39, 0.29) is 0 Å². The largest absolute Gasteiger partial charge is 0.278 e. The summed E-state index contributed by atoms with van der Waals surface area (Å²) in [7, 11) is 0. The van der Waals surface area contributed by atoms with Gasteiger partial charge in [-0.2, -0.15) is 5.10 Å². The van der Waals surface area contributed by atoms with E-state index in [0.29, 0.717) is 10.0 Å². The van der Waals surface area contributed by atoms with Gasteiger partial charge in [0.2, 0.25) is 0 Å². The van der Waals surface area contributed by atoms with Crippen LogP contribution in [0.25, 0.3) is 0 Å². The normalized spacial score (nSPS) is 16.0. The fourth-order valence-corrected chi connectivity index (χ4v) is 2.71. The second-order valence-corrected chi connectivity index (χ2v) is 5.62. The van der Waals surface area contributed by atoms with E-state index in [9.17, 15) is 0 Å². The standard InChI is InChI=1S/C16H14Cl2N2/c17-14-9-8-12(10-15(14)18)19-20-16-7-3-5-11-4-1-2-6-13(11)16/h1-2,4,6,8-10,19H,3,5,7H2. The van der Waals surface area contributed by atoms with Crippen LogP contribution in [0.3, 0.4) is 0 Å². The molecule has 20 heavy (non-hydrogen) atoms. The highest BCUT2D eigenvalue weighted by molar-refractivity contribution is 6.42. The van der Waals surface area contributed by atoms with E-state index in [4.69, 9.17) is 23.2 Å². The zero-order valence-electron chi connectivity index (χ0n) is 10.9. The van der Waals surface area contributed by atoms with E-state index < -0.39 is 0 Å². The highest BCUT2D eigenvalue weighted by atomic mass is 35.5. The number of hydrogen-bond acceptors (Lipinski definition) is 2. The van der Waals surface area contributed by atoms with Gasteiger partial charge in [-0.25, -0.2) is 0 Å². The van der Waals surface area contributed by atoms with Crippen molar-refractivity contribution >= 4 is 34.6 Å². The Kier molecular flexibility index (Phi) is 3.95. The molecule has 102 valence electrons. The van der Waals surface area contributed by atoms with Crippen molar-refractivity contribution in [1.29, 1.82) is 0 Å². The summed E-state index contributed by atoms with van der Waals surface area (Å²) in [5.41, 5.74) is 7.62. The first-order chi connectivity index (χ1) is 9.74. The van der Waals surface area contributed by atoms with Crippen LogP contribution in [0.4, 0.5) is 5.69 Å². The molecule has 2 aromatic rings. The van der Waals surface area contributed by atoms with Crippen LogP contribution in [0.15, 0.2) is 47.6 Å². The summed E-state index contributed by atoms with van der Waals surface area (Å²) >= 11 is 11.9. The molecule has 0 saturated carbocycles. The number of nitrogens with zero attached hydrogens (tertiary/aromatic N) is 1. The Bertz CT molecular complexity index is 665. The second kappa shape index (κ2) is 5.86. The Morgan fingerprint density at radius 2 is 1.80 bits per heavy atom. The van der Waals surface area contributed by atoms with Gasteiger partial charge in [0.25, 0.3) is 0 Å². The topological polar surface area (TPSA) is 24.4 Å². The number of nitrogens with one attached hydrogen (secondary N) is 1. The average Bonchev–Trinajstić information content (AvgIpc) is 2.48. The molecule has 1 N–H and O–H groups in total. The molecule has 4 heteroatoms. The first kappa shape index (κ1) is 13.5. The van der Waals surface area contributed by atoms with E-state index in [0.717, 1.165) is 30.7 Å². The van der Waals surface area contributed by atoms with E-state index >= 15 is 0 Å². The molecule has 0 fully saturated rings. The minimum atomic E-state index is 0.529. The molecule has 0 bridgehead atoms. The van der Waals surface area contributed by atoms with E-state index in [1.165, 1.54) is 11.1 Å². The fraction of sp³-hybridized carbons (Fsp3) is 0.188. The van der Waals surface area contributed by atoms with Gasteiger partial charge in [0.1, 0.15) is 0 Å². The van der Waals surface area contributed by atoms with Crippen molar-refractivity contribution in [2.75, 3.05) is 5.43 Å². The summed E-state index contributed by atoms with van der Waals surface area (Å²) in [4.78, 5) is 0. The summed E-state index contributed by atoms with van der Waals surface area (Å²) in [6.07, 6.45) is 3.26. The predicted octanol–water partition coefficient (Wildman–Crippen LogP) is 5.15. The molecule has 0 saturated heterocycles. The average molecular weight is 305 g/mol. The van der Waals surface area contributed by atoms with Gasteiger partial charge in [-0.1, -0.05) is 47.5 Å². The Morgan fingerprint density at radius 3 is 2.65 bits per heavy atom. The van der Waals surface area contributed by atoms with Crippen molar-refractivity contribution in [3.05, 3.63) is 63.6 Å². The van der Waals surface area contributed by atoms with Crippen molar-refractivity contribution in [3.8, 4) is 0 Å². The Hall–Kier alpha value is -1.51. The zero-order chi connectivity index (χ0) is 13.9. The van der Waals surface area contributed by atoms with E-state index in [1.54, 1.807) is 12.1 Å². The third-order valence-electron chi connectivity index (χ3n) is 3.43. The third kappa shape index (κ3) is 2.82. The van der Waals surface area contributed by atoms with E-state index in [1.807, 2.05) is 6.07 Å². The number of hydrogen-bond donors (Lipinski definition) is 1. The minimum Gasteiger partial charge on any atom is -0.278 e. The molecular formula is C16H14Cl2N2. The monoisotopic (exact) mass is 304 g/mol. The van der Waals surface area contributed by atoms with Crippen LogP contribution in [0.5, 0.6) is 0 Å². The van der Waals surface area contributed by atoms with Crippen LogP contribution >= 0.6 is 23.2 Å². The Balaban J connectivity index is 1.85. The van der Waals surface area contributed by atoms with Gasteiger partial charge < -0.3 is 0 Å². The first-order valence-corrected chi connectivity index (χ1v) is 7.35. The molecule has 0 aromatic heterocycles. The van der Waals surface area contributed by atoms with E-state index in [2.05, 4.69) is 34.8 Å². The first-order valence-electron chi connectivity index (χ1n) is 6.60. The van der Waals surface area contributed by atoms with Crippen LogP contribution < -0.4 is 5.43 Å². The number of rotatable bonds is 2. The molecule has 0 atom stereocenters. The molecule has 0 heterocycles. The maximum Gasteiger partial charge on any atom is 0.0682 e. The molecular weight excluding hydrogens is 291 g/mol. The molecule has 1 aliphatic carbocycles. The Morgan fingerprint density at radius 1 is 0.950 bits per heavy atom.